The fourth-order valence-corrected chi connectivity index (χ4v) is 3.99. The van der Waals surface area contributed by atoms with E-state index in [2.05, 4.69) is 16.4 Å². The Kier molecular flexibility index (Phi) is 5.11. The van der Waals surface area contributed by atoms with Gasteiger partial charge in [0.05, 0.1) is 5.39 Å². The summed E-state index contributed by atoms with van der Waals surface area (Å²) in [6, 6.07) is 20.7. The highest BCUT2D eigenvalue weighted by Gasteiger charge is 2.16. The van der Waals surface area contributed by atoms with Gasteiger partial charge < -0.3 is 19.5 Å². The molecule has 2 aromatic heterocycles. The Morgan fingerprint density at radius 2 is 1.75 bits per heavy atom. The molecule has 5 rings (SSSR count). The van der Waals surface area contributed by atoms with E-state index >= 15 is 0 Å². The van der Waals surface area contributed by atoms with Crippen molar-refractivity contribution in [2.75, 3.05) is 6.54 Å². The molecule has 3 aromatic carbocycles. The maximum Gasteiger partial charge on any atom is 0.344 e. The van der Waals surface area contributed by atoms with E-state index in [4.69, 9.17) is 9.15 Å². The van der Waals surface area contributed by atoms with E-state index in [1.165, 1.54) is 0 Å². The van der Waals surface area contributed by atoms with Crippen LogP contribution in [0.15, 0.2) is 82.1 Å². The van der Waals surface area contributed by atoms with Crippen molar-refractivity contribution in [3.8, 4) is 5.75 Å². The number of carbonyl (C=O) groups is 1. The number of carbonyl (C=O) groups excluding carboxylic acids is 1. The highest BCUT2D eigenvalue weighted by Crippen LogP contribution is 2.26. The first-order chi connectivity index (χ1) is 15.6. The van der Waals surface area contributed by atoms with Crippen molar-refractivity contribution in [3.05, 3.63) is 88.9 Å². The third kappa shape index (κ3) is 3.71. The first kappa shape index (κ1) is 19.9. The largest absolute Gasteiger partial charge is 0.481 e. The lowest BCUT2D eigenvalue weighted by Gasteiger charge is -2.15. The van der Waals surface area contributed by atoms with Crippen LogP contribution in [0.3, 0.4) is 0 Å². The standard InChI is InChI=1S/C26H22N2O4/c1-16(25(29)27-13-12-17-15-28-23-9-5-4-6-19(17)23)31-18-10-11-21-20-7-2-3-8-22(20)26(30)32-24(21)14-18/h2-11,14-16,28H,12-13H2,1H3,(H,27,29). The number of amides is 1. The zero-order chi connectivity index (χ0) is 22.1. The molecule has 2 N–H and O–H groups in total. The Balaban J connectivity index is 1.25. The number of benzene rings is 3. The van der Waals surface area contributed by atoms with Crippen molar-refractivity contribution in [1.82, 2.24) is 10.3 Å². The summed E-state index contributed by atoms with van der Waals surface area (Å²) in [6.07, 6.45) is 2.00. The molecular formula is C26H22N2O4. The molecule has 1 unspecified atom stereocenters. The number of H-pyrrole nitrogens is 1. The molecule has 6 heteroatoms. The molecule has 160 valence electrons. The Morgan fingerprint density at radius 1 is 1.00 bits per heavy atom. The second-order valence-corrected chi connectivity index (χ2v) is 7.75. The topological polar surface area (TPSA) is 84.3 Å². The number of ether oxygens (including phenoxy) is 1. The van der Waals surface area contributed by atoms with Crippen LogP contribution in [0.2, 0.25) is 0 Å². The molecule has 0 aliphatic carbocycles. The van der Waals surface area contributed by atoms with Gasteiger partial charge in [0.25, 0.3) is 5.91 Å². The van der Waals surface area contributed by atoms with Crippen LogP contribution in [0.25, 0.3) is 32.6 Å². The molecule has 0 saturated heterocycles. The molecule has 32 heavy (non-hydrogen) atoms. The van der Waals surface area contributed by atoms with Crippen molar-refractivity contribution < 1.29 is 13.9 Å². The smallest absolute Gasteiger partial charge is 0.344 e. The molecule has 0 aliphatic rings. The molecule has 0 radical (unpaired) electrons. The molecule has 0 fully saturated rings. The van der Waals surface area contributed by atoms with E-state index in [1.54, 1.807) is 31.2 Å². The highest BCUT2D eigenvalue weighted by atomic mass is 16.5. The molecule has 0 bridgehead atoms. The van der Waals surface area contributed by atoms with Crippen LogP contribution < -0.4 is 15.7 Å². The number of para-hydroxylation sites is 1. The van der Waals surface area contributed by atoms with Crippen molar-refractivity contribution in [1.29, 1.82) is 0 Å². The Morgan fingerprint density at radius 3 is 2.59 bits per heavy atom. The first-order valence-corrected chi connectivity index (χ1v) is 10.5. The number of fused-ring (bicyclic) bond motifs is 4. The van der Waals surface area contributed by atoms with E-state index in [0.717, 1.165) is 33.7 Å². The van der Waals surface area contributed by atoms with Gasteiger partial charge in [-0.3, -0.25) is 4.79 Å². The monoisotopic (exact) mass is 426 g/mol. The lowest BCUT2D eigenvalue weighted by Crippen LogP contribution is -2.37. The molecule has 1 atom stereocenters. The average molecular weight is 426 g/mol. The summed E-state index contributed by atoms with van der Waals surface area (Å²) in [5, 5.41) is 6.28. The predicted octanol–water partition coefficient (Wildman–Crippen LogP) is 4.55. The van der Waals surface area contributed by atoms with Crippen LogP contribution in [0.1, 0.15) is 12.5 Å². The molecular weight excluding hydrogens is 404 g/mol. The predicted molar refractivity (Wildman–Crippen MR) is 125 cm³/mol. The maximum absolute atomic E-state index is 12.5. The number of nitrogens with one attached hydrogen (secondary N) is 2. The van der Waals surface area contributed by atoms with Gasteiger partial charge in [0, 0.05) is 35.1 Å². The Bertz CT molecular complexity index is 1500. The molecule has 1 amide bonds. The van der Waals surface area contributed by atoms with Gasteiger partial charge in [0.15, 0.2) is 6.10 Å². The zero-order valence-electron chi connectivity index (χ0n) is 17.6. The van der Waals surface area contributed by atoms with Crippen molar-refractivity contribution in [3.63, 3.8) is 0 Å². The number of rotatable bonds is 6. The number of hydrogen-bond acceptors (Lipinski definition) is 4. The molecule has 0 aliphatic heterocycles. The Labute approximate surface area is 183 Å². The van der Waals surface area contributed by atoms with Crippen LogP contribution in [0, 0.1) is 0 Å². The molecule has 0 spiro atoms. The molecule has 5 aromatic rings. The van der Waals surface area contributed by atoms with E-state index < -0.39 is 11.7 Å². The van der Waals surface area contributed by atoms with Crippen LogP contribution >= 0.6 is 0 Å². The fraction of sp³-hybridized carbons (Fsp3) is 0.154. The van der Waals surface area contributed by atoms with E-state index in [-0.39, 0.29) is 5.91 Å². The minimum atomic E-state index is -0.692. The van der Waals surface area contributed by atoms with Crippen molar-refractivity contribution in [2.45, 2.75) is 19.4 Å². The van der Waals surface area contributed by atoms with Crippen molar-refractivity contribution in [2.24, 2.45) is 0 Å². The summed E-state index contributed by atoms with van der Waals surface area (Å²) in [5.41, 5.74) is 2.28. The number of aromatic nitrogens is 1. The molecule has 0 saturated carbocycles. The minimum Gasteiger partial charge on any atom is -0.481 e. The molecule has 2 heterocycles. The normalized spacial score (nSPS) is 12.3. The summed E-state index contributed by atoms with van der Waals surface area (Å²) < 4.78 is 11.3. The SMILES string of the molecule is CC(Oc1ccc2c(c1)oc(=O)c1ccccc12)C(=O)NCCc1c[nH]c2ccccc12. The number of hydrogen-bond donors (Lipinski definition) is 2. The third-order valence-corrected chi connectivity index (χ3v) is 5.64. The lowest BCUT2D eigenvalue weighted by atomic mass is 10.1. The second kappa shape index (κ2) is 8.23. The summed E-state index contributed by atoms with van der Waals surface area (Å²) in [4.78, 5) is 28.0. The van der Waals surface area contributed by atoms with Gasteiger partial charge in [-0.1, -0.05) is 36.4 Å². The van der Waals surface area contributed by atoms with Crippen LogP contribution in [-0.4, -0.2) is 23.5 Å². The van der Waals surface area contributed by atoms with E-state index in [0.29, 0.717) is 23.3 Å². The summed E-state index contributed by atoms with van der Waals surface area (Å²) >= 11 is 0. The van der Waals surface area contributed by atoms with Crippen LogP contribution in [0.4, 0.5) is 0 Å². The number of aromatic amines is 1. The van der Waals surface area contributed by atoms with Gasteiger partial charge in [-0.15, -0.1) is 0 Å². The van der Waals surface area contributed by atoms with Gasteiger partial charge >= 0.3 is 5.63 Å². The quantitative estimate of drug-likeness (QED) is 0.308. The van der Waals surface area contributed by atoms with Gasteiger partial charge in [0.2, 0.25) is 0 Å². The van der Waals surface area contributed by atoms with Gasteiger partial charge in [-0.25, -0.2) is 4.79 Å². The fourth-order valence-electron chi connectivity index (χ4n) is 3.99. The van der Waals surface area contributed by atoms with Crippen molar-refractivity contribution >= 4 is 38.6 Å². The maximum atomic E-state index is 12.5. The van der Waals surface area contributed by atoms with Gasteiger partial charge in [0.1, 0.15) is 11.3 Å². The van der Waals surface area contributed by atoms with E-state index in [1.807, 2.05) is 42.6 Å². The van der Waals surface area contributed by atoms with Crippen LogP contribution in [-0.2, 0) is 11.2 Å². The summed E-state index contributed by atoms with van der Waals surface area (Å²) in [6.45, 7) is 2.20. The Hall–Kier alpha value is -4.06. The lowest BCUT2D eigenvalue weighted by molar-refractivity contribution is -0.127. The first-order valence-electron chi connectivity index (χ1n) is 10.5. The van der Waals surface area contributed by atoms with Crippen LogP contribution in [0.5, 0.6) is 5.75 Å². The van der Waals surface area contributed by atoms with Gasteiger partial charge in [-0.2, -0.15) is 0 Å². The third-order valence-electron chi connectivity index (χ3n) is 5.64. The second-order valence-electron chi connectivity index (χ2n) is 7.75. The zero-order valence-corrected chi connectivity index (χ0v) is 17.6. The van der Waals surface area contributed by atoms with E-state index in [9.17, 15) is 9.59 Å². The highest BCUT2D eigenvalue weighted by molar-refractivity contribution is 6.04. The average Bonchev–Trinajstić information content (AvgIpc) is 3.22. The summed E-state index contributed by atoms with van der Waals surface area (Å²) in [5.74, 6) is 0.264. The summed E-state index contributed by atoms with van der Waals surface area (Å²) in [7, 11) is 0. The van der Waals surface area contributed by atoms with Gasteiger partial charge in [-0.05, 0) is 48.6 Å². The minimum absolute atomic E-state index is 0.204. The molecule has 6 nitrogen and oxygen atoms in total.